The van der Waals surface area contributed by atoms with Crippen molar-refractivity contribution in [3.63, 3.8) is 0 Å². The van der Waals surface area contributed by atoms with Gasteiger partial charge in [-0.2, -0.15) is 0 Å². The van der Waals surface area contributed by atoms with E-state index in [2.05, 4.69) is 4.42 Å². The number of piperidine rings is 1. The summed E-state index contributed by atoms with van der Waals surface area (Å²) in [5.41, 5.74) is 0.0732. The van der Waals surface area contributed by atoms with Crippen LogP contribution in [0, 0.1) is 5.92 Å². The first-order chi connectivity index (χ1) is 8.99. The fourth-order valence-electron chi connectivity index (χ4n) is 2.09. The Hall–Kier alpha value is -1.92. The van der Waals surface area contributed by atoms with Gasteiger partial charge in [0.25, 0.3) is 12.3 Å². The number of hydrogen-bond acceptors (Lipinski definition) is 3. The first-order valence-corrected chi connectivity index (χ1v) is 5.87. The molecule has 2 rings (SSSR count). The highest BCUT2D eigenvalue weighted by atomic mass is 19.3. The van der Waals surface area contributed by atoms with Gasteiger partial charge in [0.05, 0.1) is 11.5 Å². The van der Waals surface area contributed by atoms with Gasteiger partial charge >= 0.3 is 5.97 Å². The zero-order valence-corrected chi connectivity index (χ0v) is 10.0. The highest BCUT2D eigenvalue weighted by Gasteiger charge is 2.28. The lowest BCUT2D eigenvalue weighted by Gasteiger charge is -2.29. The molecule has 0 radical (unpaired) electrons. The summed E-state index contributed by atoms with van der Waals surface area (Å²) in [6.07, 6.45) is -0.992. The van der Waals surface area contributed by atoms with Gasteiger partial charge in [-0.15, -0.1) is 0 Å². The van der Waals surface area contributed by atoms with Crippen molar-refractivity contribution < 1.29 is 27.9 Å². The molecule has 1 amide bonds. The second-order valence-electron chi connectivity index (χ2n) is 4.44. The Morgan fingerprint density at radius 1 is 1.37 bits per heavy atom. The molecule has 0 atom stereocenters. The van der Waals surface area contributed by atoms with Crippen LogP contribution in [0.1, 0.15) is 35.4 Å². The Kier molecular flexibility index (Phi) is 3.82. The van der Waals surface area contributed by atoms with E-state index < -0.39 is 30.0 Å². The van der Waals surface area contributed by atoms with Gasteiger partial charge in [-0.25, -0.2) is 8.78 Å². The largest absolute Gasteiger partial charge is 0.481 e. The quantitative estimate of drug-likeness (QED) is 0.916. The summed E-state index contributed by atoms with van der Waals surface area (Å²) < 4.78 is 29.3. The van der Waals surface area contributed by atoms with Gasteiger partial charge in [0.15, 0.2) is 5.76 Å². The van der Waals surface area contributed by atoms with Crippen LogP contribution in [0.3, 0.4) is 0 Å². The molecule has 0 spiro atoms. The van der Waals surface area contributed by atoms with E-state index >= 15 is 0 Å². The SMILES string of the molecule is O=C(O)C1CCN(C(=O)c2coc(C(F)F)c2)CC1. The number of alkyl halides is 2. The average molecular weight is 273 g/mol. The topological polar surface area (TPSA) is 70.8 Å². The lowest BCUT2D eigenvalue weighted by molar-refractivity contribution is -0.143. The van der Waals surface area contributed by atoms with Crippen LogP contribution in [-0.4, -0.2) is 35.0 Å². The van der Waals surface area contributed by atoms with Gasteiger partial charge < -0.3 is 14.4 Å². The number of carbonyl (C=O) groups excluding carboxylic acids is 1. The predicted octanol–water partition coefficient (Wildman–Crippen LogP) is 2.15. The molecule has 1 saturated heterocycles. The third-order valence-corrected chi connectivity index (χ3v) is 3.21. The van der Waals surface area contributed by atoms with Gasteiger partial charge in [0.2, 0.25) is 0 Å². The Morgan fingerprint density at radius 3 is 2.47 bits per heavy atom. The molecule has 0 aliphatic carbocycles. The number of carboxylic acids is 1. The molecule has 1 aromatic rings. The van der Waals surface area contributed by atoms with E-state index in [1.807, 2.05) is 0 Å². The van der Waals surface area contributed by atoms with Gasteiger partial charge in [-0.3, -0.25) is 9.59 Å². The molecular formula is C12H13F2NO4. The highest BCUT2D eigenvalue weighted by Crippen LogP contribution is 2.24. The van der Waals surface area contributed by atoms with E-state index in [0.29, 0.717) is 25.9 Å². The standard InChI is InChI=1S/C12H13F2NO4/c13-10(14)9-5-8(6-19-9)11(16)15-3-1-7(2-4-15)12(17)18/h5-7,10H,1-4H2,(H,17,18). The zero-order chi connectivity index (χ0) is 14.0. The monoisotopic (exact) mass is 273 g/mol. The van der Waals surface area contributed by atoms with E-state index in [4.69, 9.17) is 5.11 Å². The average Bonchev–Trinajstić information content (AvgIpc) is 2.87. The van der Waals surface area contributed by atoms with Crippen molar-refractivity contribution in [1.82, 2.24) is 4.90 Å². The second kappa shape index (κ2) is 5.38. The van der Waals surface area contributed by atoms with Crippen LogP contribution in [0.4, 0.5) is 8.78 Å². The summed E-state index contributed by atoms with van der Waals surface area (Å²) in [6.45, 7) is 0.621. The number of amides is 1. The fourth-order valence-corrected chi connectivity index (χ4v) is 2.09. The number of carboxylic acid groups (broad SMARTS) is 1. The van der Waals surface area contributed by atoms with E-state index in [9.17, 15) is 18.4 Å². The highest BCUT2D eigenvalue weighted by molar-refractivity contribution is 5.94. The summed E-state index contributed by atoms with van der Waals surface area (Å²) in [4.78, 5) is 24.2. The number of likely N-dealkylation sites (tertiary alicyclic amines) is 1. The van der Waals surface area contributed by atoms with Crippen molar-refractivity contribution in [2.24, 2.45) is 5.92 Å². The van der Waals surface area contributed by atoms with Gasteiger partial charge in [-0.05, 0) is 18.9 Å². The fraction of sp³-hybridized carbons (Fsp3) is 0.500. The lowest BCUT2D eigenvalue weighted by Crippen LogP contribution is -2.40. The molecule has 0 aromatic carbocycles. The maximum Gasteiger partial charge on any atom is 0.306 e. The van der Waals surface area contributed by atoms with E-state index in [-0.39, 0.29) is 5.56 Å². The van der Waals surface area contributed by atoms with Crippen LogP contribution < -0.4 is 0 Å². The van der Waals surface area contributed by atoms with Crippen LogP contribution >= 0.6 is 0 Å². The molecule has 1 aromatic heterocycles. The minimum atomic E-state index is -2.75. The third-order valence-electron chi connectivity index (χ3n) is 3.21. The van der Waals surface area contributed by atoms with E-state index in [1.165, 1.54) is 4.90 Å². The second-order valence-corrected chi connectivity index (χ2v) is 4.44. The summed E-state index contributed by atoms with van der Waals surface area (Å²) in [5, 5.41) is 8.84. The molecule has 7 heteroatoms. The molecule has 1 aliphatic heterocycles. The molecule has 1 aliphatic rings. The Bertz CT molecular complexity index is 478. The Labute approximate surface area is 107 Å². The molecule has 5 nitrogen and oxygen atoms in total. The van der Waals surface area contributed by atoms with Crippen molar-refractivity contribution in [2.75, 3.05) is 13.1 Å². The van der Waals surface area contributed by atoms with E-state index in [0.717, 1.165) is 12.3 Å². The van der Waals surface area contributed by atoms with Crippen molar-refractivity contribution in [3.05, 3.63) is 23.7 Å². The van der Waals surface area contributed by atoms with Crippen LogP contribution in [0.5, 0.6) is 0 Å². The maximum atomic E-state index is 12.3. The smallest absolute Gasteiger partial charge is 0.306 e. The number of hydrogen-bond donors (Lipinski definition) is 1. The minimum Gasteiger partial charge on any atom is -0.481 e. The van der Waals surface area contributed by atoms with Crippen molar-refractivity contribution in [3.8, 4) is 0 Å². The van der Waals surface area contributed by atoms with Gasteiger partial charge in [0, 0.05) is 13.1 Å². The van der Waals surface area contributed by atoms with Crippen molar-refractivity contribution in [2.45, 2.75) is 19.3 Å². The number of nitrogens with zero attached hydrogens (tertiary/aromatic N) is 1. The summed E-state index contributed by atoms with van der Waals surface area (Å²) in [6, 6.07) is 1.02. The third kappa shape index (κ3) is 2.91. The summed E-state index contributed by atoms with van der Waals surface area (Å²) in [5.74, 6) is -2.25. The molecule has 0 saturated carbocycles. The predicted molar refractivity (Wildman–Crippen MR) is 59.9 cm³/mol. The van der Waals surface area contributed by atoms with Crippen LogP contribution in [0.2, 0.25) is 0 Å². The van der Waals surface area contributed by atoms with E-state index in [1.54, 1.807) is 0 Å². The van der Waals surface area contributed by atoms with Crippen molar-refractivity contribution >= 4 is 11.9 Å². The maximum absolute atomic E-state index is 12.3. The summed E-state index contributed by atoms with van der Waals surface area (Å²) in [7, 11) is 0. The van der Waals surface area contributed by atoms with Gasteiger partial charge in [0.1, 0.15) is 6.26 Å². The number of halogens is 2. The molecule has 19 heavy (non-hydrogen) atoms. The first kappa shape index (κ1) is 13.5. The van der Waals surface area contributed by atoms with Crippen molar-refractivity contribution in [1.29, 1.82) is 0 Å². The molecule has 0 bridgehead atoms. The Morgan fingerprint density at radius 2 is 2.00 bits per heavy atom. The number of aliphatic carboxylic acids is 1. The normalized spacial score (nSPS) is 16.9. The number of furan rings is 1. The molecular weight excluding hydrogens is 260 g/mol. The summed E-state index contributed by atoms with van der Waals surface area (Å²) >= 11 is 0. The number of rotatable bonds is 3. The lowest BCUT2D eigenvalue weighted by atomic mass is 9.97. The molecule has 2 heterocycles. The molecule has 1 fully saturated rings. The molecule has 1 N–H and O–H groups in total. The van der Waals surface area contributed by atoms with Gasteiger partial charge in [-0.1, -0.05) is 0 Å². The zero-order valence-electron chi connectivity index (χ0n) is 10.0. The molecule has 104 valence electrons. The minimum absolute atomic E-state index is 0.0732. The van der Waals surface area contributed by atoms with Crippen LogP contribution in [0.15, 0.2) is 16.7 Å². The number of carbonyl (C=O) groups is 2. The molecule has 0 unspecified atom stereocenters. The first-order valence-electron chi connectivity index (χ1n) is 5.87. The van der Waals surface area contributed by atoms with Crippen LogP contribution in [0.25, 0.3) is 0 Å². The Balaban J connectivity index is 1.99. The van der Waals surface area contributed by atoms with Crippen LogP contribution in [-0.2, 0) is 4.79 Å².